The molecule has 0 aromatic heterocycles. The first-order valence-corrected chi connectivity index (χ1v) is 10.4. The van der Waals surface area contributed by atoms with Crippen LogP contribution in [0.25, 0.3) is 0 Å². The highest BCUT2D eigenvalue weighted by Crippen LogP contribution is 2.48. The minimum Gasteiger partial charge on any atom is -0.507 e. The van der Waals surface area contributed by atoms with Crippen LogP contribution in [0.3, 0.4) is 0 Å². The lowest BCUT2D eigenvalue weighted by molar-refractivity contribution is -0.0191. The van der Waals surface area contributed by atoms with Crippen LogP contribution in [-0.4, -0.2) is 29.5 Å². The lowest BCUT2D eigenvalue weighted by atomic mass is 9.95. The molecule has 158 valence electrons. The molecule has 6 nitrogen and oxygen atoms in total. The summed E-state index contributed by atoms with van der Waals surface area (Å²) in [5.41, 5.74) is 3.59. The van der Waals surface area contributed by atoms with E-state index >= 15 is 0 Å². The third-order valence-electron chi connectivity index (χ3n) is 5.69. The fourth-order valence-electron chi connectivity index (χ4n) is 4.25. The van der Waals surface area contributed by atoms with Crippen LogP contribution >= 0.6 is 0 Å². The number of rotatable bonds is 5. The number of benzene rings is 3. The Balaban J connectivity index is 1.58. The van der Waals surface area contributed by atoms with Gasteiger partial charge in [0, 0.05) is 23.1 Å². The van der Waals surface area contributed by atoms with Crippen LogP contribution < -0.4 is 14.2 Å². The van der Waals surface area contributed by atoms with Crippen molar-refractivity contribution in [2.45, 2.75) is 25.6 Å². The average Bonchev–Trinajstić information content (AvgIpc) is 3.25. The van der Waals surface area contributed by atoms with Gasteiger partial charge < -0.3 is 19.3 Å². The molecule has 0 bridgehead atoms. The molecule has 0 fully saturated rings. The summed E-state index contributed by atoms with van der Waals surface area (Å²) in [4.78, 5) is 0. The third kappa shape index (κ3) is 3.34. The van der Waals surface area contributed by atoms with E-state index in [0.29, 0.717) is 24.5 Å². The van der Waals surface area contributed by atoms with Crippen molar-refractivity contribution in [2.24, 2.45) is 5.10 Å². The molecule has 2 atom stereocenters. The Bertz CT molecular complexity index is 1140. The van der Waals surface area contributed by atoms with Gasteiger partial charge in [-0.3, -0.25) is 0 Å². The molecule has 0 amide bonds. The smallest absolute Gasteiger partial charge is 0.214 e. The van der Waals surface area contributed by atoms with E-state index in [0.717, 1.165) is 28.2 Å². The van der Waals surface area contributed by atoms with Gasteiger partial charge in [-0.05, 0) is 43.3 Å². The Morgan fingerprint density at radius 1 is 1.06 bits per heavy atom. The van der Waals surface area contributed by atoms with Crippen LogP contribution in [0.4, 0.5) is 0 Å². The van der Waals surface area contributed by atoms with E-state index in [1.165, 1.54) is 0 Å². The molecular formula is C25H24N2O4. The van der Waals surface area contributed by atoms with Gasteiger partial charge in [0.2, 0.25) is 6.23 Å². The molecule has 3 aromatic carbocycles. The molecule has 2 aliphatic heterocycles. The molecule has 0 saturated carbocycles. The minimum atomic E-state index is -0.423. The molecule has 0 radical (unpaired) electrons. The molecule has 6 heteroatoms. The van der Waals surface area contributed by atoms with Crippen LogP contribution in [0.1, 0.15) is 42.3 Å². The molecule has 0 unspecified atom stereocenters. The first kappa shape index (κ1) is 19.3. The summed E-state index contributed by atoms with van der Waals surface area (Å²) in [6.07, 6.45) is 0.260. The Kier molecular flexibility index (Phi) is 4.90. The summed E-state index contributed by atoms with van der Waals surface area (Å²) in [5, 5.41) is 17.3. The van der Waals surface area contributed by atoms with E-state index in [1.807, 2.05) is 66.5 Å². The third-order valence-corrected chi connectivity index (χ3v) is 5.69. The maximum absolute atomic E-state index is 10.4. The standard InChI is InChI=1S/C25H24N2O4/c1-3-30-23-13-12-16(14-24(23)29-2)25-27-20(18-9-5-7-11-22(18)31-25)15-19(26-27)17-8-4-6-10-21(17)28/h4-14,20,25,28H,3,15H2,1-2H3/t20-,25+/m1/s1. The number of methoxy groups -OCH3 is 1. The van der Waals surface area contributed by atoms with Gasteiger partial charge in [-0.2, -0.15) is 5.10 Å². The predicted molar refractivity (Wildman–Crippen MR) is 118 cm³/mol. The van der Waals surface area contributed by atoms with E-state index in [2.05, 4.69) is 6.07 Å². The number of phenolic OH excluding ortho intramolecular Hbond substituents is 1. The molecular weight excluding hydrogens is 392 g/mol. The Labute approximate surface area is 181 Å². The zero-order valence-corrected chi connectivity index (χ0v) is 17.5. The van der Waals surface area contributed by atoms with Crippen molar-refractivity contribution >= 4 is 5.71 Å². The second-order valence-corrected chi connectivity index (χ2v) is 7.52. The number of aromatic hydroxyl groups is 1. The number of nitrogens with zero attached hydrogens (tertiary/aromatic N) is 2. The van der Waals surface area contributed by atoms with E-state index in [1.54, 1.807) is 13.2 Å². The topological polar surface area (TPSA) is 63.5 Å². The highest BCUT2D eigenvalue weighted by molar-refractivity contribution is 6.04. The van der Waals surface area contributed by atoms with E-state index in [4.69, 9.17) is 19.3 Å². The largest absolute Gasteiger partial charge is 0.507 e. The SMILES string of the molecule is CCOc1ccc([C@@H]2Oc3ccccc3[C@H]3CC(c4ccccc4O)=NN32)cc1OC. The number of hydrogen-bond donors (Lipinski definition) is 1. The number of ether oxygens (including phenoxy) is 3. The number of para-hydroxylation sites is 2. The van der Waals surface area contributed by atoms with Crippen molar-refractivity contribution in [1.29, 1.82) is 0 Å². The lowest BCUT2D eigenvalue weighted by Crippen LogP contribution is -2.33. The Morgan fingerprint density at radius 3 is 2.68 bits per heavy atom. The molecule has 0 aliphatic carbocycles. The van der Waals surface area contributed by atoms with E-state index < -0.39 is 6.23 Å². The number of fused-ring (bicyclic) bond motifs is 3. The fraction of sp³-hybridized carbons (Fsp3) is 0.240. The monoisotopic (exact) mass is 416 g/mol. The summed E-state index contributed by atoms with van der Waals surface area (Å²) in [7, 11) is 1.63. The van der Waals surface area contributed by atoms with Crippen molar-refractivity contribution in [3.63, 3.8) is 0 Å². The van der Waals surface area contributed by atoms with Crippen LogP contribution in [0.5, 0.6) is 23.0 Å². The van der Waals surface area contributed by atoms with Crippen LogP contribution in [0.2, 0.25) is 0 Å². The second kappa shape index (κ2) is 7.87. The summed E-state index contributed by atoms with van der Waals surface area (Å²) in [6.45, 7) is 2.50. The molecule has 0 saturated heterocycles. The van der Waals surface area contributed by atoms with Gasteiger partial charge in [-0.25, -0.2) is 5.01 Å². The number of hydrogen-bond acceptors (Lipinski definition) is 6. The van der Waals surface area contributed by atoms with Gasteiger partial charge in [-0.15, -0.1) is 0 Å². The highest BCUT2D eigenvalue weighted by atomic mass is 16.5. The molecule has 1 N–H and O–H groups in total. The zero-order valence-electron chi connectivity index (χ0n) is 17.5. The fourth-order valence-corrected chi connectivity index (χ4v) is 4.25. The second-order valence-electron chi connectivity index (χ2n) is 7.52. The quantitative estimate of drug-likeness (QED) is 0.631. The van der Waals surface area contributed by atoms with Crippen LogP contribution in [0.15, 0.2) is 71.8 Å². The Hall–Kier alpha value is -3.67. The highest BCUT2D eigenvalue weighted by Gasteiger charge is 2.41. The molecule has 2 heterocycles. The van der Waals surface area contributed by atoms with Crippen molar-refractivity contribution in [3.8, 4) is 23.0 Å². The van der Waals surface area contributed by atoms with Gasteiger partial charge in [0.15, 0.2) is 11.5 Å². The van der Waals surface area contributed by atoms with Gasteiger partial charge >= 0.3 is 0 Å². The first-order valence-electron chi connectivity index (χ1n) is 10.4. The summed E-state index contributed by atoms with van der Waals surface area (Å²) in [5.74, 6) is 2.42. The molecule has 3 aromatic rings. The maximum Gasteiger partial charge on any atom is 0.214 e. The minimum absolute atomic E-state index is 0.0159. The number of phenols is 1. The normalized spacial score (nSPS) is 19.2. The molecule has 5 rings (SSSR count). The zero-order chi connectivity index (χ0) is 21.4. The summed E-state index contributed by atoms with van der Waals surface area (Å²) >= 11 is 0. The van der Waals surface area contributed by atoms with E-state index in [9.17, 15) is 5.11 Å². The van der Waals surface area contributed by atoms with Crippen LogP contribution in [0, 0.1) is 0 Å². The number of hydrazone groups is 1. The molecule has 31 heavy (non-hydrogen) atoms. The average molecular weight is 416 g/mol. The molecule has 0 spiro atoms. The van der Waals surface area contributed by atoms with E-state index in [-0.39, 0.29) is 11.8 Å². The van der Waals surface area contributed by atoms with Gasteiger partial charge in [0.05, 0.1) is 25.5 Å². The Morgan fingerprint density at radius 2 is 1.87 bits per heavy atom. The lowest BCUT2D eigenvalue weighted by Gasteiger charge is -2.38. The first-order chi connectivity index (χ1) is 15.2. The van der Waals surface area contributed by atoms with Crippen molar-refractivity contribution in [3.05, 3.63) is 83.4 Å². The van der Waals surface area contributed by atoms with Gasteiger partial charge in [0.1, 0.15) is 11.5 Å². The summed E-state index contributed by atoms with van der Waals surface area (Å²) in [6, 6.07) is 21.2. The van der Waals surface area contributed by atoms with Gasteiger partial charge in [-0.1, -0.05) is 30.3 Å². The van der Waals surface area contributed by atoms with Crippen molar-refractivity contribution in [1.82, 2.24) is 5.01 Å². The predicted octanol–water partition coefficient (Wildman–Crippen LogP) is 5.04. The van der Waals surface area contributed by atoms with Crippen molar-refractivity contribution in [2.75, 3.05) is 13.7 Å². The summed E-state index contributed by atoms with van der Waals surface area (Å²) < 4.78 is 17.6. The molecule has 2 aliphatic rings. The van der Waals surface area contributed by atoms with Crippen LogP contribution in [-0.2, 0) is 0 Å². The maximum atomic E-state index is 10.4. The van der Waals surface area contributed by atoms with Crippen molar-refractivity contribution < 1.29 is 19.3 Å². The van der Waals surface area contributed by atoms with Gasteiger partial charge in [0.25, 0.3) is 0 Å².